The van der Waals surface area contributed by atoms with E-state index in [1.165, 1.54) is 43.8 Å². The van der Waals surface area contributed by atoms with Gasteiger partial charge in [0.25, 0.3) is 0 Å². The van der Waals surface area contributed by atoms with Gasteiger partial charge in [0.1, 0.15) is 0 Å². The second-order valence-corrected chi connectivity index (χ2v) is 4.20. The van der Waals surface area contributed by atoms with Crippen LogP contribution in [0, 0.1) is 0 Å². The topological polar surface area (TPSA) is 0 Å². The second kappa shape index (κ2) is 11.7. The fourth-order valence-corrected chi connectivity index (χ4v) is 1.74. The summed E-state index contributed by atoms with van der Waals surface area (Å²) in [6.45, 7) is 4.00. The molecular formula is C14H25P. The number of hydrogen-bond acceptors (Lipinski definition) is 0. The molecule has 0 aliphatic heterocycles. The van der Waals surface area contributed by atoms with Crippen LogP contribution in [0.15, 0.2) is 30.3 Å². The summed E-state index contributed by atoms with van der Waals surface area (Å²) in [5, 5.41) is 1.24. The Labute approximate surface area is 97.7 Å². The molecule has 1 aliphatic carbocycles. The first-order chi connectivity index (χ1) is 7.39. The largest absolute Gasteiger partial charge is 0.106 e. The normalized spacial score (nSPS) is 14.1. The molecule has 1 aromatic carbocycles. The van der Waals surface area contributed by atoms with Gasteiger partial charge in [-0.1, -0.05) is 82.7 Å². The molecule has 86 valence electrons. The molecule has 0 heterocycles. The highest BCUT2D eigenvalue weighted by Crippen LogP contribution is 2.15. The van der Waals surface area contributed by atoms with E-state index in [2.05, 4.69) is 9.24 Å². The lowest BCUT2D eigenvalue weighted by Gasteiger charge is -2.05. The lowest BCUT2D eigenvalue weighted by Crippen LogP contribution is -1.85. The van der Waals surface area contributed by atoms with Crippen molar-refractivity contribution in [2.45, 2.75) is 52.4 Å². The maximum Gasteiger partial charge on any atom is -0.0303 e. The van der Waals surface area contributed by atoms with E-state index >= 15 is 0 Å². The van der Waals surface area contributed by atoms with Crippen LogP contribution in [0.5, 0.6) is 0 Å². The Hall–Kier alpha value is -0.350. The van der Waals surface area contributed by atoms with Crippen molar-refractivity contribution in [1.29, 1.82) is 0 Å². The van der Waals surface area contributed by atoms with Gasteiger partial charge < -0.3 is 0 Å². The van der Waals surface area contributed by atoms with Gasteiger partial charge in [-0.05, 0) is 5.30 Å². The van der Waals surface area contributed by atoms with Crippen molar-refractivity contribution < 1.29 is 0 Å². The van der Waals surface area contributed by atoms with Gasteiger partial charge in [0.05, 0.1) is 0 Å². The fourth-order valence-electron chi connectivity index (χ4n) is 1.51. The molecule has 15 heavy (non-hydrogen) atoms. The maximum absolute atomic E-state index is 2.63. The van der Waals surface area contributed by atoms with Crippen LogP contribution in [0.3, 0.4) is 0 Å². The van der Waals surface area contributed by atoms with Crippen LogP contribution < -0.4 is 5.30 Å². The molecule has 2 rings (SSSR count). The third-order valence-corrected chi connectivity index (χ3v) is 2.68. The average Bonchev–Trinajstić information content (AvgIpc) is 2.36. The Morgan fingerprint density at radius 3 is 1.27 bits per heavy atom. The maximum atomic E-state index is 2.63. The molecule has 1 aromatic rings. The van der Waals surface area contributed by atoms with Crippen LogP contribution in [0.2, 0.25) is 0 Å². The summed E-state index contributed by atoms with van der Waals surface area (Å²) in [6, 6.07) is 10.1. The molecule has 0 spiro atoms. The van der Waals surface area contributed by atoms with Crippen LogP contribution in [0.4, 0.5) is 0 Å². The Kier molecular flexibility index (Phi) is 11.4. The molecule has 1 saturated carbocycles. The van der Waals surface area contributed by atoms with Crippen LogP contribution in [0.25, 0.3) is 0 Å². The number of hydrogen-bond donors (Lipinski definition) is 0. The van der Waals surface area contributed by atoms with E-state index in [9.17, 15) is 0 Å². The van der Waals surface area contributed by atoms with Crippen LogP contribution in [-0.2, 0) is 0 Å². The SMILES string of the molecule is C1CCCCC1.CC.Pc1ccccc1. The molecule has 0 bridgehead atoms. The highest BCUT2D eigenvalue weighted by Gasteiger charge is 1.95. The minimum absolute atomic E-state index is 1.24. The quantitative estimate of drug-likeness (QED) is 0.567. The van der Waals surface area contributed by atoms with Crippen molar-refractivity contribution >= 4 is 14.5 Å². The minimum atomic E-state index is 1.24. The molecule has 0 N–H and O–H groups in total. The summed E-state index contributed by atoms with van der Waals surface area (Å²) in [5.41, 5.74) is 0. The molecule has 1 unspecified atom stereocenters. The Bertz CT molecular complexity index is 190. The molecule has 0 saturated heterocycles. The zero-order valence-corrected chi connectivity index (χ0v) is 11.4. The van der Waals surface area contributed by atoms with Gasteiger partial charge in [0, 0.05) is 0 Å². The molecular weight excluding hydrogens is 199 g/mol. The zero-order chi connectivity index (χ0) is 11.4. The summed E-state index contributed by atoms with van der Waals surface area (Å²) in [7, 11) is 2.63. The summed E-state index contributed by atoms with van der Waals surface area (Å²) in [6.07, 6.45) is 9.00. The first-order valence-electron chi connectivity index (χ1n) is 6.20. The van der Waals surface area contributed by atoms with Gasteiger partial charge >= 0.3 is 0 Å². The lowest BCUT2D eigenvalue weighted by molar-refractivity contribution is 0.504. The van der Waals surface area contributed by atoms with E-state index in [4.69, 9.17) is 0 Å². The van der Waals surface area contributed by atoms with Crippen LogP contribution >= 0.6 is 9.24 Å². The monoisotopic (exact) mass is 224 g/mol. The van der Waals surface area contributed by atoms with Crippen molar-refractivity contribution in [3.05, 3.63) is 30.3 Å². The van der Waals surface area contributed by atoms with Gasteiger partial charge in [-0.2, -0.15) is 0 Å². The molecule has 0 amide bonds. The van der Waals surface area contributed by atoms with E-state index < -0.39 is 0 Å². The molecule has 0 nitrogen and oxygen atoms in total. The summed E-state index contributed by atoms with van der Waals surface area (Å²) in [5.74, 6) is 0. The van der Waals surface area contributed by atoms with Crippen LogP contribution in [0.1, 0.15) is 52.4 Å². The zero-order valence-electron chi connectivity index (χ0n) is 10.2. The van der Waals surface area contributed by atoms with Crippen molar-refractivity contribution in [2.24, 2.45) is 0 Å². The van der Waals surface area contributed by atoms with E-state index in [1.54, 1.807) is 0 Å². The number of rotatable bonds is 0. The summed E-state index contributed by atoms with van der Waals surface area (Å²) >= 11 is 0. The Morgan fingerprint density at radius 2 is 1.07 bits per heavy atom. The summed E-state index contributed by atoms with van der Waals surface area (Å²) < 4.78 is 0. The van der Waals surface area contributed by atoms with Crippen molar-refractivity contribution in [3.8, 4) is 0 Å². The standard InChI is InChI=1S/C6H7P.C6H12.C2H6/c7-6-4-2-1-3-5-6;1-2-4-6-5-3-1;1-2/h1-5H,7H2;1-6H2;1-2H3. The smallest absolute Gasteiger partial charge is 0.0303 e. The van der Waals surface area contributed by atoms with E-state index in [0.29, 0.717) is 0 Å². The molecule has 1 heteroatoms. The predicted octanol–water partition coefficient (Wildman–Crippen LogP) is 4.55. The Balaban J connectivity index is 0.000000227. The Morgan fingerprint density at radius 1 is 0.733 bits per heavy atom. The molecule has 0 radical (unpaired) electrons. The van der Waals surface area contributed by atoms with Crippen LogP contribution in [-0.4, -0.2) is 0 Å². The van der Waals surface area contributed by atoms with Gasteiger partial charge in [0.2, 0.25) is 0 Å². The van der Waals surface area contributed by atoms with Crippen molar-refractivity contribution in [1.82, 2.24) is 0 Å². The predicted molar refractivity (Wildman–Crippen MR) is 74.8 cm³/mol. The average molecular weight is 224 g/mol. The first kappa shape index (κ1) is 14.6. The second-order valence-electron chi connectivity index (χ2n) is 3.53. The lowest BCUT2D eigenvalue weighted by atomic mass is 10.0. The number of benzene rings is 1. The van der Waals surface area contributed by atoms with E-state index in [1.807, 2.05) is 44.2 Å². The molecule has 1 fully saturated rings. The van der Waals surface area contributed by atoms with Gasteiger partial charge in [-0.25, -0.2) is 0 Å². The van der Waals surface area contributed by atoms with Crippen molar-refractivity contribution in [2.75, 3.05) is 0 Å². The van der Waals surface area contributed by atoms with Gasteiger partial charge in [-0.15, -0.1) is 9.24 Å². The minimum Gasteiger partial charge on any atom is -0.106 e. The highest BCUT2D eigenvalue weighted by molar-refractivity contribution is 7.27. The van der Waals surface area contributed by atoms with Gasteiger partial charge in [-0.3, -0.25) is 0 Å². The third-order valence-electron chi connectivity index (χ3n) is 2.30. The third kappa shape index (κ3) is 9.94. The van der Waals surface area contributed by atoms with E-state index in [0.717, 1.165) is 0 Å². The van der Waals surface area contributed by atoms with E-state index in [-0.39, 0.29) is 0 Å². The highest BCUT2D eigenvalue weighted by atomic mass is 31.0. The molecule has 1 atom stereocenters. The summed E-state index contributed by atoms with van der Waals surface area (Å²) in [4.78, 5) is 0. The first-order valence-corrected chi connectivity index (χ1v) is 6.78. The fraction of sp³-hybridized carbons (Fsp3) is 0.571. The molecule has 1 aliphatic rings. The van der Waals surface area contributed by atoms with Crippen molar-refractivity contribution in [3.63, 3.8) is 0 Å². The molecule has 0 aromatic heterocycles. The van der Waals surface area contributed by atoms with Gasteiger partial charge in [0.15, 0.2) is 0 Å².